The predicted octanol–water partition coefficient (Wildman–Crippen LogP) is 3.35. The van der Waals surface area contributed by atoms with Crippen LogP contribution in [0, 0.1) is 0 Å². The van der Waals surface area contributed by atoms with Crippen LogP contribution in [-0.4, -0.2) is 26.7 Å². The molecule has 5 nitrogen and oxygen atoms in total. The van der Waals surface area contributed by atoms with E-state index in [2.05, 4.69) is 5.32 Å². The summed E-state index contributed by atoms with van der Waals surface area (Å²) in [7, 11) is 3.21. The van der Waals surface area contributed by atoms with Gasteiger partial charge in [-0.3, -0.25) is 4.79 Å². The molecular weight excluding hydrogens is 306 g/mol. The van der Waals surface area contributed by atoms with E-state index in [9.17, 15) is 4.79 Å². The summed E-state index contributed by atoms with van der Waals surface area (Å²) in [6.45, 7) is 2.21. The lowest BCUT2D eigenvalue weighted by molar-refractivity contribution is -0.122. The Labute approximate surface area is 142 Å². The fourth-order valence-corrected chi connectivity index (χ4v) is 2.41. The molecule has 0 bridgehead atoms. The molecule has 5 heteroatoms. The Balaban J connectivity index is 1.85. The zero-order valence-electron chi connectivity index (χ0n) is 14.2. The molecule has 1 unspecified atom stereocenters. The first-order chi connectivity index (χ1) is 11.7. The summed E-state index contributed by atoms with van der Waals surface area (Å²) >= 11 is 0. The summed E-state index contributed by atoms with van der Waals surface area (Å²) in [4.78, 5) is 12.1. The molecule has 0 aliphatic rings. The van der Waals surface area contributed by atoms with Crippen molar-refractivity contribution in [1.82, 2.24) is 5.32 Å². The number of hydrogen-bond donors (Lipinski definition) is 1. The van der Waals surface area contributed by atoms with Gasteiger partial charge < -0.3 is 19.5 Å². The van der Waals surface area contributed by atoms with Crippen molar-refractivity contribution in [2.24, 2.45) is 0 Å². The highest BCUT2D eigenvalue weighted by atomic mass is 16.5. The van der Waals surface area contributed by atoms with Crippen molar-refractivity contribution in [3.8, 4) is 17.2 Å². The van der Waals surface area contributed by atoms with Crippen LogP contribution >= 0.6 is 0 Å². The summed E-state index contributed by atoms with van der Waals surface area (Å²) in [5.74, 6) is 1.96. The normalized spacial score (nSPS) is 11.5. The lowest BCUT2D eigenvalue weighted by Gasteiger charge is -2.17. The molecule has 2 rings (SSSR count). The van der Waals surface area contributed by atoms with Crippen molar-refractivity contribution in [2.45, 2.75) is 19.4 Å². The number of amides is 1. The minimum absolute atomic E-state index is 0.0803. The van der Waals surface area contributed by atoms with Gasteiger partial charge in [0.25, 0.3) is 0 Å². The van der Waals surface area contributed by atoms with E-state index in [0.29, 0.717) is 11.5 Å². The first kappa shape index (κ1) is 17.7. The number of hydrogen-bond acceptors (Lipinski definition) is 4. The molecular formula is C19H23NO4. The van der Waals surface area contributed by atoms with Crippen molar-refractivity contribution >= 4 is 5.91 Å². The van der Waals surface area contributed by atoms with Gasteiger partial charge in [-0.15, -0.1) is 0 Å². The average Bonchev–Trinajstić information content (AvgIpc) is 2.62. The van der Waals surface area contributed by atoms with E-state index in [1.807, 2.05) is 55.5 Å². The number of para-hydroxylation sites is 3. The fourth-order valence-electron chi connectivity index (χ4n) is 2.41. The summed E-state index contributed by atoms with van der Waals surface area (Å²) in [6.07, 6.45) is 0.261. The Kier molecular flexibility index (Phi) is 6.49. The van der Waals surface area contributed by atoms with Crippen LogP contribution in [0.15, 0.2) is 48.5 Å². The molecule has 0 aromatic heterocycles. The lowest BCUT2D eigenvalue weighted by atomic mass is 10.1. The SMILES string of the molecule is COc1ccccc1OCCC(=O)NC(C)c1ccccc1OC. The van der Waals surface area contributed by atoms with Crippen LogP contribution in [0.1, 0.15) is 24.9 Å². The minimum atomic E-state index is -0.139. The van der Waals surface area contributed by atoms with Crippen molar-refractivity contribution in [1.29, 1.82) is 0 Å². The Morgan fingerprint density at radius 2 is 1.54 bits per heavy atom. The van der Waals surface area contributed by atoms with Crippen LogP contribution in [0.3, 0.4) is 0 Å². The third-order valence-corrected chi connectivity index (χ3v) is 3.64. The maximum Gasteiger partial charge on any atom is 0.223 e. The van der Waals surface area contributed by atoms with Gasteiger partial charge in [0.05, 0.1) is 33.3 Å². The van der Waals surface area contributed by atoms with E-state index in [1.165, 1.54) is 0 Å². The van der Waals surface area contributed by atoms with Gasteiger partial charge in [-0.2, -0.15) is 0 Å². The number of carbonyl (C=O) groups excluding carboxylic acids is 1. The molecule has 1 atom stereocenters. The molecule has 0 aliphatic heterocycles. The average molecular weight is 329 g/mol. The van der Waals surface area contributed by atoms with Gasteiger partial charge in [-0.1, -0.05) is 30.3 Å². The van der Waals surface area contributed by atoms with Crippen LogP contribution in [-0.2, 0) is 4.79 Å². The molecule has 0 heterocycles. The van der Waals surface area contributed by atoms with E-state index in [0.717, 1.165) is 11.3 Å². The molecule has 24 heavy (non-hydrogen) atoms. The minimum Gasteiger partial charge on any atom is -0.496 e. The first-order valence-corrected chi connectivity index (χ1v) is 7.83. The van der Waals surface area contributed by atoms with Gasteiger partial charge in [0, 0.05) is 5.56 Å². The predicted molar refractivity (Wildman–Crippen MR) is 92.7 cm³/mol. The second-order valence-corrected chi connectivity index (χ2v) is 5.28. The number of ether oxygens (including phenoxy) is 3. The van der Waals surface area contributed by atoms with Crippen molar-refractivity contribution in [3.63, 3.8) is 0 Å². The molecule has 0 radical (unpaired) electrons. The molecule has 0 fully saturated rings. The zero-order valence-corrected chi connectivity index (χ0v) is 14.2. The molecule has 0 saturated heterocycles. The maximum atomic E-state index is 12.1. The van der Waals surface area contributed by atoms with Crippen LogP contribution in [0.25, 0.3) is 0 Å². The molecule has 1 amide bonds. The number of carbonyl (C=O) groups is 1. The number of rotatable bonds is 8. The number of nitrogens with one attached hydrogen (secondary N) is 1. The molecule has 128 valence electrons. The van der Waals surface area contributed by atoms with E-state index in [-0.39, 0.29) is 25.0 Å². The fraction of sp³-hybridized carbons (Fsp3) is 0.316. The van der Waals surface area contributed by atoms with Crippen LogP contribution < -0.4 is 19.5 Å². The Hall–Kier alpha value is -2.69. The van der Waals surface area contributed by atoms with Gasteiger partial charge in [-0.05, 0) is 25.1 Å². The van der Waals surface area contributed by atoms with Crippen molar-refractivity contribution in [3.05, 3.63) is 54.1 Å². The maximum absolute atomic E-state index is 12.1. The van der Waals surface area contributed by atoms with Gasteiger partial charge in [0.2, 0.25) is 5.91 Å². The topological polar surface area (TPSA) is 56.8 Å². The van der Waals surface area contributed by atoms with Gasteiger partial charge in [0.1, 0.15) is 5.75 Å². The van der Waals surface area contributed by atoms with Gasteiger partial charge in [-0.25, -0.2) is 0 Å². The van der Waals surface area contributed by atoms with E-state index < -0.39 is 0 Å². The number of methoxy groups -OCH3 is 2. The highest BCUT2D eigenvalue weighted by molar-refractivity contribution is 5.76. The van der Waals surface area contributed by atoms with Crippen LogP contribution in [0.4, 0.5) is 0 Å². The number of benzene rings is 2. The zero-order chi connectivity index (χ0) is 17.4. The molecule has 1 N–H and O–H groups in total. The third-order valence-electron chi connectivity index (χ3n) is 3.64. The van der Waals surface area contributed by atoms with Crippen LogP contribution in [0.5, 0.6) is 17.2 Å². The lowest BCUT2D eigenvalue weighted by Crippen LogP contribution is -2.28. The largest absolute Gasteiger partial charge is 0.496 e. The molecule has 2 aromatic rings. The Morgan fingerprint density at radius 1 is 0.958 bits per heavy atom. The second-order valence-electron chi connectivity index (χ2n) is 5.28. The third kappa shape index (κ3) is 4.65. The summed E-state index contributed by atoms with van der Waals surface area (Å²) in [5, 5.41) is 2.96. The quantitative estimate of drug-likeness (QED) is 0.807. The molecule has 2 aromatic carbocycles. The van der Waals surface area contributed by atoms with E-state index >= 15 is 0 Å². The van der Waals surface area contributed by atoms with Crippen molar-refractivity contribution < 1.29 is 19.0 Å². The summed E-state index contributed by atoms with van der Waals surface area (Å²) in [6, 6.07) is 14.9. The van der Waals surface area contributed by atoms with Gasteiger partial charge >= 0.3 is 0 Å². The monoisotopic (exact) mass is 329 g/mol. The summed E-state index contributed by atoms with van der Waals surface area (Å²) in [5.41, 5.74) is 0.944. The van der Waals surface area contributed by atoms with Crippen molar-refractivity contribution in [2.75, 3.05) is 20.8 Å². The second kappa shape index (κ2) is 8.82. The highest BCUT2D eigenvalue weighted by Crippen LogP contribution is 2.26. The molecule has 0 spiro atoms. The first-order valence-electron chi connectivity index (χ1n) is 7.83. The van der Waals surface area contributed by atoms with Crippen LogP contribution in [0.2, 0.25) is 0 Å². The molecule has 0 aliphatic carbocycles. The summed E-state index contributed by atoms with van der Waals surface area (Å²) < 4.78 is 16.2. The molecule has 0 saturated carbocycles. The van der Waals surface area contributed by atoms with Gasteiger partial charge in [0.15, 0.2) is 11.5 Å². The highest BCUT2D eigenvalue weighted by Gasteiger charge is 2.13. The smallest absolute Gasteiger partial charge is 0.223 e. The van der Waals surface area contributed by atoms with E-state index in [4.69, 9.17) is 14.2 Å². The Bertz CT molecular complexity index is 672. The standard InChI is InChI=1S/C19H23NO4/c1-14(15-8-4-5-9-16(15)22-2)20-19(21)12-13-24-18-11-7-6-10-17(18)23-3/h4-11,14H,12-13H2,1-3H3,(H,20,21). The van der Waals surface area contributed by atoms with E-state index in [1.54, 1.807) is 14.2 Å². The Morgan fingerprint density at radius 3 is 2.21 bits per heavy atom.